The lowest BCUT2D eigenvalue weighted by Crippen LogP contribution is -2.21. The minimum atomic E-state index is 0.327. The van der Waals surface area contributed by atoms with Crippen molar-refractivity contribution in [2.45, 2.75) is 25.7 Å². The number of nitrogens with zero attached hydrogens (tertiary/aromatic N) is 1. The third kappa shape index (κ3) is 2.25. The highest BCUT2D eigenvalue weighted by molar-refractivity contribution is 5.95. The molecule has 2 unspecified atom stereocenters. The van der Waals surface area contributed by atoms with Crippen molar-refractivity contribution in [1.29, 1.82) is 0 Å². The van der Waals surface area contributed by atoms with Crippen LogP contribution in [0.25, 0.3) is 0 Å². The van der Waals surface area contributed by atoms with Gasteiger partial charge in [0.1, 0.15) is 5.76 Å². The van der Waals surface area contributed by atoms with Crippen molar-refractivity contribution < 1.29 is 9.48 Å². The summed E-state index contributed by atoms with van der Waals surface area (Å²) >= 11 is 0. The summed E-state index contributed by atoms with van der Waals surface area (Å²) in [6.07, 6.45) is 3.92. The Balaban J connectivity index is 1.86. The van der Waals surface area contributed by atoms with Crippen LogP contribution in [-0.4, -0.2) is 23.6 Å². The Hall–Kier alpha value is -1.77. The molecule has 3 rings (SSSR count). The smallest absolute Gasteiger partial charge is 0.194 e. The van der Waals surface area contributed by atoms with E-state index in [0.29, 0.717) is 25.0 Å². The topological polar surface area (TPSA) is 35.3 Å². The number of benzene rings is 1. The lowest BCUT2D eigenvalue weighted by atomic mass is 9.80. The highest BCUT2D eigenvalue weighted by Crippen LogP contribution is 2.38. The Bertz CT molecular complexity index is 519. The molecule has 2 atom stereocenters. The zero-order chi connectivity index (χ0) is 13.2. The van der Waals surface area contributed by atoms with Crippen molar-refractivity contribution >= 4 is 5.71 Å². The standard InChI is InChI=1S/C16H19NO2/c1-2-19-13-8-9-14-15(11-17(18)16(14)10-13)12-6-4-3-5-7-12/h3-7,10,14-15H,2,8-9,11H2,1H3. The molecular weight excluding hydrogens is 238 g/mol. The van der Waals surface area contributed by atoms with Crippen LogP contribution in [0.2, 0.25) is 0 Å². The molecule has 19 heavy (non-hydrogen) atoms. The summed E-state index contributed by atoms with van der Waals surface area (Å²) in [7, 11) is 0. The van der Waals surface area contributed by atoms with Crippen molar-refractivity contribution in [2.24, 2.45) is 5.92 Å². The van der Waals surface area contributed by atoms with Gasteiger partial charge in [-0.25, -0.2) is 4.74 Å². The van der Waals surface area contributed by atoms with Gasteiger partial charge in [0.25, 0.3) is 0 Å². The molecule has 0 fully saturated rings. The monoisotopic (exact) mass is 257 g/mol. The number of hydroxylamine groups is 1. The average Bonchev–Trinajstić information content (AvgIpc) is 2.78. The molecule has 1 aliphatic heterocycles. The second-order valence-electron chi connectivity index (χ2n) is 5.19. The number of allylic oxidation sites excluding steroid dienone is 2. The second kappa shape index (κ2) is 5.08. The molecule has 3 nitrogen and oxygen atoms in total. The van der Waals surface area contributed by atoms with E-state index < -0.39 is 0 Å². The summed E-state index contributed by atoms with van der Waals surface area (Å²) < 4.78 is 6.71. The predicted octanol–water partition coefficient (Wildman–Crippen LogP) is 3.07. The van der Waals surface area contributed by atoms with E-state index in [2.05, 4.69) is 12.1 Å². The third-order valence-electron chi connectivity index (χ3n) is 4.08. The van der Waals surface area contributed by atoms with Gasteiger partial charge in [0.15, 0.2) is 12.3 Å². The molecule has 0 spiro atoms. The molecule has 0 N–H and O–H groups in total. The van der Waals surface area contributed by atoms with Gasteiger partial charge in [0, 0.05) is 12.5 Å². The summed E-state index contributed by atoms with van der Waals surface area (Å²) in [6.45, 7) is 3.22. The fourth-order valence-corrected chi connectivity index (χ4v) is 3.20. The highest BCUT2D eigenvalue weighted by atomic mass is 16.5. The van der Waals surface area contributed by atoms with Gasteiger partial charge < -0.3 is 9.94 Å². The van der Waals surface area contributed by atoms with Crippen molar-refractivity contribution in [2.75, 3.05) is 13.2 Å². The summed E-state index contributed by atoms with van der Waals surface area (Å²) in [5.41, 5.74) is 2.18. The molecule has 0 bridgehead atoms. The maximum absolute atomic E-state index is 12.1. The van der Waals surface area contributed by atoms with E-state index in [1.165, 1.54) is 5.56 Å². The minimum Gasteiger partial charge on any atom is -0.624 e. The Kier molecular flexibility index (Phi) is 3.28. The SMILES string of the molecule is CCOC1=CC2=[N+]([O-])CC(c3ccccc3)C2CC1. The molecule has 1 heterocycles. The first-order valence-corrected chi connectivity index (χ1v) is 6.99. The highest BCUT2D eigenvalue weighted by Gasteiger charge is 2.41. The van der Waals surface area contributed by atoms with Crippen LogP contribution in [0.1, 0.15) is 31.2 Å². The molecule has 0 saturated heterocycles. The molecule has 1 aliphatic carbocycles. The van der Waals surface area contributed by atoms with Crippen LogP contribution in [0.5, 0.6) is 0 Å². The summed E-state index contributed by atoms with van der Waals surface area (Å²) in [6, 6.07) is 10.4. The van der Waals surface area contributed by atoms with E-state index in [9.17, 15) is 5.21 Å². The molecule has 3 heteroatoms. The number of hydrogen-bond donors (Lipinski definition) is 0. The first-order chi connectivity index (χ1) is 9.29. The number of fused-ring (bicyclic) bond motifs is 1. The largest absolute Gasteiger partial charge is 0.624 e. The fraction of sp³-hybridized carbons (Fsp3) is 0.438. The van der Waals surface area contributed by atoms with Crippen molar-refractivity contribution in [3.05, 3.63) is 52.9 Å². The quantitative estimate of drug-likeness (QED) is 0.616. The van der Waals surface area contributed by atoms with Crippen LogP contribution in [0.4, 0.5) is 0 Å². The lowest BCUT2D eigenvalue weighted by molar-refractivity contribution is -0.450. The molecule has 1 aromatic carbocycles. The minimum absolute atomic E-state index is 0.327. The Morgan fingerprint density at radius 3 is 2.79 bits per heavy atom. The summed E-state index contributed by atoms with van der Waals surface area (Å²) in [4.78, 5) is 0. The van der Waals surface area contributed by atoms with Crippen LogP contribution >= 0.6 is 0 Å². The number of rotatable bonds is 3. The van der Waals surface area contributed by atoms with Crippen LogP contribution in [0.15, 0.2) is 42.2 Å². The predicted molar refractivity (Wildman–Crippen MR) is 75.1 cm³/mol. The molecule has 0 aromatic heterocycles. The fourth-order valence-electron chi connectivity index (χ4n) is 3.20. The van der Waals surface area contributed by atoms with Crippen molar-refractivity contribution in [1.82, 2.24) is 0 Å². The second-order valence-corrected chi connectivity index (χ2v) is 5.19. The molecular formula is C16H19NO2. The van der Waals surface area contributed by atoms with E-state index in [0.717, 1.165) is 29.1 Å². The Labute approximate surface area is 113 Å². The zero-order valence-corrected chi connectivity index (χ0v) is 11.2. The first-order valence-electron chi connectivity index (χ1n) is 6.99. The van der Waals surface area contributed by atoms with Gasteiger partial charge in [-0.2, -0.15) is 0 Å². The van der Waals surface area contributed by atoms with Crippen LogP contribution < -0.4 is 0 Å². The molecule has 0 radical (unpaired) electrons. The van der Waals surface area contributed by atoms with Crippen molar-refractivity contribution in [3.63, 3.8) is 0 Å². The van der Waals surface area contributed by atoms with E-state index in [1.807, 2.05) is 31.2 Å². The molecule has 2 aliphatic rings. The van der Waals surface area contributed by atoms with Gasteiger partial charge >= 0.3 is 0 Å². The average molecular weight is 257 g/mol. The Morgan fingerprint density at radius 2 is 2.05 bits per heavy atom. The maximum atomic E-state index is 12.1. The van der Waals surface area contributed by atoms with Gasteiger partial charge in [0.05, 0.1) is 18.4 Å². The van der Waals surface area contributed by atoms with Gasteiger partial charge in [-0.15, -0.1) is 0 Å². The number of hydrogen-bond acceptors (Lipinski definition) is 2. The molecule has 100 valence electrons. The zero-order valence-electron chi connectivity index (χ0n) is 11.2. The van der Waals surface area contributed by atoms with Crippen LogP contribution in [0.3, 0.4) is 0 Å². The van der Waals surface area contributed by atoms with Gasteiger partial charge in [-0.05, 0) is 18.9 Å². The molecule has 1 aromatic rings. The van der Waals surface area contributed by atoms with Gasteiger partial charge in [-0.1, -0.05) is 30.3 Å². The van der Waals surface area contributed by atoms with Gasteiger partial charge in [-0.3, -0.25) is 0 Å². The summed E-state index contributed by atoms with van der Waals surface area (Å²) in [5, 5.41) is 12.1. The molecule has 0 saturated carbocycles. The van der Waals surface area contributed by atoms with Crippen LogP contribution in [0, 0.1) is 11.1 Å². The van der Waals surface area contributed by atoms with Gasteiger partial charge in [0.2, 0.25) is 0 Å². The van der Waals surface area contributed by atoms with E-state index in [-0.39, 0.29) is 0 Å². The van der Waals surface area contributed by atoms with E-state index in [4.69, 9.17) is 4.74 Å². The first kappa shape index (κ1) is 12.3. The van der Waals surface area contributed by atoms with E-state index in [1.54, 1.807) is 0 Å². The third-order valence-corrected chi connectivity index (χ3v) is 4.08. The summed E-state index contributed by atoms with van der Waals surface area (Å²) in [5.74, 6) is 1.64. The van der Waals surface area contributed by atoms with Crippen LogP contribution in [-0.2, 0) is 4.74 Å². The molecule has 0 amide bonds. The van der Waals surface area contributed by atoms with Crippen molar-refractivity contribution in [3.8, 4) is 0 Å². The van der Waals surface area contributed by atoms with E-state index >= 15 is 0 Å². The normalized spacial score (nSPS) is 26.1. The Morgan fingerprint density at radius 1 is 1.26 bits per heavy atom. The number of ether oxygens (including phenoxy) is 1. The maximum Gasteiger partial charge on any atom is 0.194 e. The lowest BCUT2D eigenvalue weighted by Gasteiger charge is -2.21.